The van der Waals surface area contributed by atoms with Gasteiger partial charge < -0.3 is 5.32 Å². The summed E-state index contributed by atoms with van der Waals surface area (Å²) in [6, 6.07) is 0. The van der Waals surface area contributed by atoms with Crippen LogP contribution in [-0.4, -0.2) is 28.3 Å². The Morgan fingerprint density at radius 1 is 1.29 bits per heavy atom. The summed E-state index contributed by atoms with van der Waals surface area (Å²) in [5, 5.41) is 10.8. The molecule has 1 aliphatic heterocycles. The topological polar surface area (TPSA) is 53.6 Å². The van der Waals surface area contributed by atoms with Crippen molar-refractivity contribution in [1.82, 2.24) is 20.5 Å². The van der Waals surface area contributed by atoms with Gasteiger partial charge in [0.1, 0.15) is 5.82 Å². The third-order valence-electron chi connectivity index (χ3n) is 3.33. The lowest BCUT2D eigenvalue weighted by atomic mass is 9.98. The van der Waals surface area contributed by atoms with Crippen LogP contribution in [0.5, 0.6) is 0 Å². The summed E-state index contributed by atoms with van der Waals surface area (Å²) in [6.45, 7) is 4.41. The summed E-state index contributed by atoms with van der Waals surface area (Å²) in [5.41, 5.74) is 0. The second-order valence-electron chi connectivity index (χ2n) is 4.60. The minimum absolute atomic E-state index is 0.537. The first-order chi connectivity index (χ1) is 6.84. The molecule has 14 heavy (non-hydrogen) atoms. The maximum absolute atomic E-state index is 4.60. The zero-order valence-corrected chi connectivity index (χ0v) is 8.45. The highest BCUT2D eigenvalue weighted by atomic mass is 15.2. The van der Waals surface area contributed by atoms with Gasteiger partial charge >= 0.3 is 0 Å². The van der Waals surface area contributed by atoms with Gasteiger partial charge in [0.15, 0.2) is 5.82 Å². The van der Waals surface area contributed by atoms with Crippen LogP contribution in [0, 0.1) is 5.92 Å². The molecule has 2 heterocycles. The Labute approximate surface area is 83.5 Å². The van der Waals surface area contributed by atoms with Gasteiger partial charge in [-0.25, -0.2) is 4.98 Å². The number of H-pyrrole nitrogens is 1. The van der Waals surface area contributed by atoms with Crippen LogP contribution in [0.25, 0.3) is 0 Å². The fourth-order valence-electron chi connectivity index (χ4n) is 2.15. The SMILES string of the molecule is CC1CNCC1c1nc(C2CC2)n[nH]1. The fraction of sp³-hybridized carbons (Fsp3) is 0.800. The average molecular weight is 192 g/mol. The molecule has 1 aromatic rings. The molecule has 0 bridgehead atoms. The number of nitrogens with one attached hydrogen (secondary N) is 2. The number of hydrogen-bond acceptors (Lipinski definition) is 3. The van der Waals surface area contributed by atoms with E-state index >= 15 is 0 Å². The molecule has 0 radical (unpaired) electrons. The van der Waals surface area contributed by atoms with Crippen molar-refractivity contribution in [3.8, 4) is 0 Å². The second-order valence-corrected chi connectivity index (χ2v) is 4.60. The number of aromatic amines is 1. The molecule has 2 unspecified atom stereocenters. The molecule has 2 aliphatic rings. The predicted molar refractivity (Wildman–Crippen MR) is 53.1 cm³/mol. The molecule has 0 spiro atoms. The Morgan fingerprint density at radius 2 is 2.14 bits per heavy atom. The van der Waals surface area contributed by atoms with Crippen LogP contribution in [0.4, 0.5) is 0 Å². The van der Waals surface area contributed by atoms with Gasteiger partial charge in [0, 0.05) is 18.4 Å². The van der Waals surface area contributed by atoms with E-state index in [1.807, 2.05) is 0 Å². The molecule has 1 saturated carbocycles. The van der Waals surface area contributed by atoms with Crippen LogP contribution in [0.1, 0.15) is 43.3 Å². The van der Waals surface area contributed by atoms with Crippen LogP contribution in [0.2, 0.25) is 0 Å². The van der Waals surface area contributed by atoms with Crippen LogP contribution in [0.3, 0.4) is 0 Å². The van der Waals surface area contributed by atoms with E-state index in [0.717, 1.165) is 24.7 Å². The van der Waals surface area contributed by atoms with Crippen LogP contribution in [-0.2, 0) is 0 Å². The molecule has 3 rings (SSSR count). The summed E-state index contributed by atoms with van der Waals surface area (Å²) in [7, 11) is 0. The molecule has 2 fully saturated rings. The molecule has 76 valence electrons. The molecule has 2 atom stereocenters. The molecule has 1 saturated heterocycles. The highest BCUT2D eigenvalue weighted by molar-refractivity contribution is 5.09. The van der Waals surface area contributed by atoms with E-state index in [9.17, 15) is 0 Å². The van der Waals surface area contributed by atoms with E-state index < -0.39 is 0 Å². The van der Waals surface area contributed by atoms with E-state index in [2.05, 4.69) is 27.4 Å². The number of aromatic nitrogens is 3. The Balaban J connectivity index is 1.81. The summed E-state index contributed by atoms with van der Waals surface area (Å²) in [6.07, 6.45) is 2.55. The Kier molecular flexibility index (Phi) is 1.83. The van der Waals surface area contributed by atoms with Gasteiger partial charge in [0.05, 0.1) is 0 Å². The third-order valence-corrected chi connectivity index (χ3v) is 3.33. The first-order valence-corrected chi connectivity index (χ1v) is 5.47. The smallest absolute Gasteiger partial charge is 0.153 e. The van der Waals surface area contributed by atoms with E-state index in [4.69, 9.17) is 0 Å². The number of rotatable bonds is 2. The lowest BCUT2D eigenvalue weighted by Gasteiger charge is -2.09. The highest BCUT2D eigenvalue weighted by Gasteiger charge is 2.31. The average Bonchev–Trinajstić information content (AvgIpc) is 2.75. The maximum atomic E-state index is 4.60. The zero-order valence-electron chi connectivity index (χ0n) is 8.45. The zero-order chi connectivity index (χ0) is 9.54. The van der Waals surface area contributed by atoms with Gasteiger partial charge in [0.2, 0.25) is 0 Å². The number of nitrogens with zero attached hydrogens (tertiary/aromatic N) is 2. The molecule has 2 N–H and O–H groups in total. The molecule has 4 nitrogen and oxygen atoms in total. The van der Waals surface area contributed by atoms with Gasteiger partial charge in [-0.3, -0.25) is 5.10 Å². The number of hydrogen-bond donors (Lipinski definition) is 2. The van der Waals surface area contributed by atoms with Crippen LogP contribution in [0.15, 0.2) is 0 Å². The van der Waals surface area contributed by atoms with E-state index in [0.29, 0.717) is 17.8 Å². The van der Waals surface area contributed by atoms with Crippen molar-refractivity contribution in [3.63, 3.8) is 0 Å². The summed E-state index contributed by atoms with van der Waals surface area (Å²) >= 11 is 0. The van der Waals surface area contributed by atoms with Gasteiger partial charge in [0.25, 0.3) is 0 Å². The third kappa shape index (κ3) is 1.34. The van der Waals surface area contributed by atoms with E-state index in [1.54, 1.807) is 0 Å². The van der Waals surface area contributed by atoms with E-state index in [-0.39, 0.29) is 0 Å². The predicted octanol–water partition coefficient (Wildman–Crippen LogP) is 1.00. The molecule has 1 aliphatic carbocycles. The van der Waals surface area contributed by atoms with E-state index in [1.165, 1.54) is 12.8 Å². The van der Waals surface area contributed by atoms with Crippen molar-refractivity contribution in [2.24, 2.45) is 5.92 Å². The Hall–Kier alpha value is -0.900. The summed E-state index contributed by atoms with van der Waals surface area (Å²) in [5.74, 6) is 4.00. The minimum atomic E-state index is 0.537. The summed E-state index contributed by atoms with van der Waals surface area (Å²) < 4.78 is 0. The molecular formula is C10H16N4. The maximum Gasteiger partial charge on any atom is 0.153 e. The second kappa shape index (κ2) is 3.05. The van der Waals surface area contributed by atoms with Crippen molar-refractivity contribution < 1.29 is 0 Å². The van der Waals surface area contributed by atoms with Crippen molar-refractivity contribution >= 4 is 0 Å². The first-order valence-electron chi connectivity index (χ1n) is 5.47. The van der Waals surface area contributed by atoms with Crippen LogP contribution < -0.4 is 5.32 Å². The highest BCUT2D eigenvalue weighted by Crippen LogP contribution is 2.38. The first kappa shape index (κ1) is 8.41. The van der Waals surface area contributed by atoms with Crippen molar-refractivity contribution in [2.45, 2.75) is 31.6 Å². The normalized spacial score (nSPS) is 32.4. The minimum Gasteiger partial charge on any atom is -0.316 e. The Bertz CT molecular complexity index is 329. The van der Waals surface area contributed by atoms with Gasteiger partial charge in [-0.1, -0.05) is 6.92 Å². The van der Waals surface area contributed by atoms with Crippen molar-refractivity contribution in [1.29, 1.82) is 0 Å². The van der Waals surface area contributed by atoms with Crippen LogP contribution >= 0.6 is 0 Å². The molecule has 0 aromatic carbocycles. The molecule has 0 amide bonds. The molecule has 1 aromatic heterocycles. The lowest BCUT2D eigenvalue weighted by Crippen LogP contribution is -2.09. The van der Waals surface area contributed by atoms with Crippen molar-refractivity contribution in [3.05, 3.63) is 11.6 Å². The molecule has 4 heteroatoms. The quantitative estimate of drug-likeness (QED) is 0.735. The lowest BCUT2D eigenvalue weighted by molar-refractivity contribution is 0.547. The monoisotopic (exact) mass is 192 g/mol. The Morgan fingerprint density at radius 3 is 2.79 bits per heavy atom. The fourth-order valence-corrected chi connectivity index (χ4v) is 2.15. The van der Waals surface area contributed by atoms with Gasteiger partial charge in [-0.15, -0.1) is 0 Å². The van der Waals surface area contributed by atoms with Gasteiger partial charge in [-0.2, -0.15) is 5.10 Å². The largest absolute Gasteiger partial charge is 0.316 e. The van der Waals surface area contributed by atoms with Gasteiger partial charge in [-0.05, 0) is 25.3 Å². The van der Waals surface area contributed by atoms with Crippen molar-refractivity contribution in [2.75, 3.05) is 13.1 Å². The molecular weight excluding hydrogens is 176 g/mol. The summed E-state index contributed by atoms with van der Waals surface area (Å²) in [4.78, 5) is 4.60. The standard InChI is InChI=1S/C10H16N4/c1-6-4-11-5-8(6)10-12-9(13-14-10)7-2-3-7/h6-8,11H,2-5H2,1H3,(H,12,13,14).